The molecule has 0 saturated carbocycles. The van der Waals surface area contributed by atoms with E-state index in [2.05, 4.69) is 20.0 Å². The van der Waals surface area contributed by atoms with E-state index in [1.807, 2.05) is 0 Å². The van der Waals surface area contributed by atoms with Gasteiger partial charge in [-0.3, -0.25) is 0 Å². The minimum atomic E-state index is -0.643. The highest BCUT2D eigenvalue weighted by atomic mass is 35.5. The number of rotatable bonds is 4. The predicted octanol–water partition coefficient (Wildman–Crippen LogP) is 1.10. The standard InChI is InChI=1S/C10H14ClN3O3/c1-10(2,5-15)14-6-4-12-7(8(11)13-6)9(16)17-3/h4,15H,5H2,1-3H3,(H,13,14). The van der Waals surface area contributed by atoms with Crippen LogP contribution in [0.5, 0.6) is 0 Å². The summed E-state index contributed by atoms with van der Waals surface area (Å²) >= 11 is 5.80. The first kappa shape index (κ1) is 13.7. The van der Waals surface area contributed by atoms with Crippen LogP contribution < -0.4 is 5.32 Å². The van der Waals surface area contributed by atoms with Gasteiger partial charge in [0.25, 0.3) is 0 Å². The highest BCUT2D eigenvalue weighted by molar-refractivity contribution is 6.32. The summed E-state index contributed by atoms with van der Waals surface area (Å²) in [4.78, 5) is 19.0. The first-order chi connectivity index (χ1) is 7.89. The lowest BCUT2D eigenvalue weighted by atomic mass is 10.1. The maximum atomic E-state index is 11.2. The van der Waals surface area contributed by atoms with Crippen molar-refractivity contribution in [3.8, 4) is 0 Å². The number of esters is 1. The molecule has 0 bridgehead atoms. The number of nitrogens with one attached hydrogen (secondary N) is 1. The van der Waals surface area contributed by atoms with Crippen LogP contribution in [0.4, 0.5) is 5.82 Å². The zero-order valence-electron chi connectivity index (χ0n) is 9.82. The van der Waals surface area contributed by atoms with Crippen LogP contribution in [0.2, 0.25) is 5.15 Å². The number of nitrogens with zero attached hydrogens (tertiary/aromatic N) is 2. The van der Waals surface area contributed by atoms with E-state index in [-0.39, 0.29) is 17.5 Å². The molecule has 0 spiro atoms. The number of carbonyl (C=O) groups is 1. The van der Waals surface area contributed by atoms with Gasteiger partial charge in [0.15, 0.2) is 10.8 Å². The van der Waals surface area contributed by atoms with Crippen molar-refractivity contribution in [1.29, 1.82) is 0 Å². The molecule has 1 aromatic heterocycles. The largest absolute Gasteiger partial charge is 0.464 e. The van der Waals surface area contributed by atoms with Crippen molar-refractivity contribution in [2.24, 2.45) is 0 Å². The summed E-state index contributed by atoms with van der Waals surface area (Å²) in [6.07, 6.45) is 1.36. The Kier molecular flexibility index (Phi) is 4.25. The third-order valence-corrected chi connectivity index (χ3v) is 2.23. The monoisotopic (exact) mass is 259 g/mol. The van der Waals surface area contributed by atoms with Crippen molar-refractivity contribution in [3.05, 3.63) is 17.0 Å². The van der Waals surface area contributed by atoms with Crippen LogP contribution in [-0.2, 0) is 4.74 Å². The highest BCUT2D eigenvalue weighted by Crippen LogP contribution is 2.17. The molecule has 7 heteroatoms. The van der Waals surface area contributed by atoms with Gasteiger partial charge in [0.05, 0.1) is 25.5 Å². The van der Waals surface area contributed by atoms with Crippen LogP contribution in [0.25, 0.3) is 0 Å². The van der Waals surface area contributed by atoms with E-state index in [4.69, 9.17) is 16.7 Å². The van der Waals surface area contributed by atoms with Gasteiger partial charge < -0.3 is 15.2 Å². The SMILES string of the molecule is COC(=O)c1ncc(NC(C)(C)CO)nc1Cl. The Hall–Kier alpha value is -1.40. The van der Waals surface area contributed by atoms with Crippen LogP contribution in [0.3, 0.4) is 0 Å². The van der Waals surface area contributed by atoms with E-state index in [0.717, 1.165) is 0 Å². The lowest BCUT2D eigenvalue weighted by Gasteiger charge is -2.23. The summed E-state index contributed by atoms with van der Waals surface area (Å²) < 4.78 is 4.49. The minimum absolute atomic E-state index is 0.0403. The van der Waals surface area contributed by atoms with E-state index in [0.29, 0.717) is 5.82 Å². The molecule has 0 atom stereocenters. The summed E-state index contributed by atoms with van der Waals surface area (Å²) in [6, 6.07) is 0. The number of halogens is 1. The van der Waals surface area contributed by atoms with Crippen molar-refractivity contribution in [2.75, 3.05) is 19.0 Å². The van der Waals surface area contributed by atoms with Crippen molar-refractivity contribution in [2.45, 2.75) is 19.4 Å². The lowest BCUT2D eigenvalue weighted by Crippen LogP contribution is -2.35. The molecule has 0 aliphatic carbocycles. The van der Waals surface area contributed by atoms with Gasteiger partial charge in [-0.25, -0.2) is 14.8 Å². The smallest absolute Gasteiger partial charge is 0.359 e. The Bertz CT molecular complexity index is 423. The molecular formula is C10H14ClN3O3. The lowest BCUT2D eigenvalue weighted by molar-refractivity contribution is 0.0594. The summed E-state index contributed by atoms with van der Waals surface area (Å²) in [5, 5.41) is 12.0. The van der Waals surface area contributed by atoms with Gasteiger partial charge >= 0.3 is 5.97 Å². The van der Waals surface area contributed by atoms with Crippen LogP contribution in [0, 0.1) is 0 Å². The van der Waals surface area contributed by atoms with Crippen molar-refractivity contribution in [1.82, 2.24) is 9.97 Å². The Morgan fingerprint density at radius 2 is 2.29 bits per heavy atom. The molecule has 0 aromatic carbocycles. The summed E-state index contributed by atoms with van der Waals surface area (Å²) in [6.45, 7) is 3.50. The molecule has 0 radical (unpaired) electrons. The van der Waals surface area contributed by atoms with Crippen LogP contribution >= 0.6 is 11.6 Å². The molecule has 0 aliphatic heterocycles. The van der Waals surface area contributed by atoms with Gasteiger partial charge in [-0.1, -0.05) is 11.6 Å². The number of carbonyl (C=O) groups excluding carboxylic acids is 1. The second-order valence-corrected chi connectivity index (χ2v) is 4.41. The Morgan fingerprint density at radius 1 is 1.65 bits per heavy atom. The zero-order valence-corrected chi connectivity index (χ0v) is 10.6. The summed E-state index contributed by atoms with van der Waals surface area (Å²) in [5.74, 6) is -0.267. The third kappa shape index (κ3) is 3.54. The molecular weight excluding hydrogens is 246 g/mol. The van der Waals surface area contributed by atoms with Gasteiger partial charge in [-0.2, -0.15) is 0 Å². The van der Waals surface area contributed by atoms with Crippen LogP contribution in [-0.4, -0.2) is 40.3 Å². The maximum absolute atomic E-state index is 11.2. The fourth-order valence-electron chi connectivity index (χ4n) is 1.05. The fourth-order valence-corrected chi connectivity index (χ4v) is 1.26. The van der Waals surface area contributed by atoms with Crippen molar-refractivity contribution in [3.63, 3.8) is 0 Å². The summed E-state index contributed by atoms with van der Waals surface area (Å²) in [7, 11) is 1.24. The number of hydrogen-bond acceptors (Lipinski definition) is 6. The average Bonchev–Trinajstić information content (AvgIpc) is 2.28. The summed E-state index contributed by atoms with van der Waals surface area (Å²) in [5.41, 5.74) is -0.591. The molecule has 2 N–H and O–H groups in total. The molecule has 0 saturated heterocycles. The van der Waals surface area contributed by atoms with Gasteiger partial charge in [0.1, 0.15) is 5.82 Å². The Balaban J connectivity index is 2.93. The second-order valence-electron chi connectivity index (χ2n) is 4.05. The molecule has 1 heterocycles. The number of aliphatic hydroxyl groups excluding tert-OH is 1. The van der Waals surface area contributed by atoms with Crippen LogP contribution in [0.15, 0.2) is 6.20 Å². The topological polar surface area (TPSA) is 84.3 Å². The molecule has 94 valence electrons. The van der Waals surface area contributed by atoms with Crippen molar-refractivity contribution >= 4 is 23.4 Å². The van der Waals surface area contributed by atoms with Gasteiger partial charge in [0, 0.05) is 0 Å². The molecule has 1 aromatic rings. The van der Waals surface area contributed by atoms with E-state index in [1.54, 1.807) is 13.8 Å². The highest BCUT2D eigenvalue weighted by Gasteiger charge is 2.19. The van der Waals surface area contributed by atoms with Crippen LogP contribution in [0.1, 0.15) is 24.3 Å². The molecule has 1 rings (SSSR count). The fraction of sp³-hybridized carbons (Fsp3) is 0.500. The molecule has 0 aliphatic rings. The molecule has 0 amide bonds. The normalized spacial score (nSPS) is 11.1. The van der Waals surface area contributed by atoms with Gasteiger partial charge in [-0.05, 0) is 13.8 Å². The first-order valence-electron chi connectivity index (χ1n) is 4.89. The number of aliphatic hydroxyl groups is 1. The molecule has 0 fully saturated rings. The molecule has 0 unspecified atom stereocenters. The van der Waals surface area contributed by atoms with E-state index in [9.17, 15) is 4.79 Å². The number of aromatic nitrogens is 2. The molecule has 17 heavy (non-hydrogen) atoms. The zero-order chi connectivity index (χ0) is 13.1. The predicted molar refractivity (Wildman–Crippen MR) is 63.2 cm³/mol. The van der Waals surface area contributed by atoms with E-state index in [1.165, 1.54) is 13.3 Å². The third-order valence-electron chi connectivity index (χ3n) is 1.97. The number of methoxy groups -OCH3 is 1. The van der Waals surface area contributed by atoms with E-state index < -0.39 is 11.5 Å². The first-order valence-corrected chi connectivity index (χ1v) is 5.27. The molecule has 6 nitrogen and oxygen atoms in total. The number of anilines is 1. The average molecular weight is 260 g/mol. The van der Waals surface area contributed by atoms with Gasteiger partial charge in [-0.15, -0.1) is 0 Å². The van der Waals surface area contributed by atoms with Gasteiger partial charge in [0.2, 0.25) is 0 Å². The Morgan fingerprint density at radius 3 is 2.76 bits per heavy atom. The second kappa shape index (κ2) is 5.29. The maximum Gasteiger partial charge on any atom is 0.359 e. The minimum Gasteiger partial charge on any atom is -0.464 e. The Labute approximate surface area is 104 Å². The van der Waals surface area contributed by atoms with Crippen molar-refractivity contribution < 1.29 is 14.6 Å². The number of ether oxygens (including phenoxy) is 1. The number of hydrogen-bond donors (Lipinski definition) is 2. The quantitative estimate of drug-likeness (QED) is 0.788. The van der Waals surface area contributed by atoms with E-state index >= 15 is 0 Å².